The molecule has 1 aliphatic rings. The lowest BCUT2D eigenvalue weighted by atomic mass is 9.65. The highest BCUT2D eigenvalue weighted by atomic mass is 16.5. The first kappa shape index (κ1) is 41.6. The molecule has 55 heavy (non-hydrogen) atoms. The fourth-order valence-corrected chi connectivity index (χ4v) is 7.55. The molecule has 0 radical (unpaired) electrons. The molecule has 0 bridgehead atoms. The highest BCUT2D eigenvalue weighted by molar-refractivity contribution is 5.80. The van der Waals surface area contributed by atoms with Crippen molar-refractivity contribution in [3.05, 3.63) is 108 Å². The number of rotatable bonds is 14. The van der Waals surface area contributed by atoms with Gasteiger partial charge in [0.15, 0.2) is 0 Å². The lowest BCUT2D eigenvalue weighted by Crippen LogP contribution is -2.54. The van der Waals surface area contributed by atoms with Crippen LogP contribution in [0.15, 0.2) is 97.1 Å². The second-order valence-corrected chi connectivity index (χ2v) is 17.3. The van der Waals surface area contributed by atoms with Gasteiger partial charge in [0.05, 0.1) is 5.41 Å². The number of benzene rings is 4. The topological polar surface area (TPSA) is 71.1 Å². The average molecular weight is 747 g/mol. The van der Waals surface area contributed by atoms with E-state index in [9.17, 15) is 9.59 Å². The lowest BCUT2D eigenvalue weighted by molar-refractivity contribution is -0.159. The maximum Gasteiger partial charge on any atom is 0.321 e. The Labute approximate surface area is 329 Å². The van der Waals surface area contributed by atoms with Crippen LogP contribution in [-0.2, 0) is 15.0 Å². The van der Waals surface area contributed by atoms with Crippen molar-refractivity contribution in [3.8, 4) is 34.1 Å². The SMILES string of the molecule is CCC(C)(C)C(=O)Oc1ccc(-c2ccc(OC(C)(CC)C(C)(CC)C(=O)Oc3ccc(C4(c5ccc(OC(C)(C)C)cc5)CCCCC4)cc3)cc2)cc1. The van der Waals surface area contributed by atoms with E-state index in [0.717, 1.165) is 29.7 Å². The van der Waals surface area contributed by atoms with Gasteiger partial charge < -0.3 is 18.9 Å². The van der Waals surface area contributed by atoms with Crippen molar-refractivity contribution in [1.29, 1.82) is 0 Å². The second-order valence-electron chi connectivity index (χ2n) is 17.3. The molecule has 0 aromatic heterocycles. The zero-order chi connectivity index (χ0) is 40.1. The number of hydrogen-bond donors (Lipinski definition) is 0. The summed E-state index contributed by atoms with van der Waals surface area (Å²) in [5, 5.41) is 0. The largest absolute Gasteiger partial charge is 0.488 e. The van der Waals surface area contributed by atoms with Crippen molar-refractivity contribution in [2.45, 2.75) is 137 Å². The predicted octanol–water partition coefficient (Wildman–Crippen LogP) is 12.7. The van der Waals surface area contributed by atoms with Crippen LogP contribution in [0.3, 0.4) is 0 Å². The molecule has 0 spiro atoms. The number of hydrogen-bond acceptors (Lipinski definition) is 6. The number of esters is 2. The second kappa shape index (κ2) is 16.6. The molecule has 6 nitrogen and oxygen atoms in total. The summed E-state index contributed by atoms with van der Waals surface area (Å²) < 4.78 is 24.6. The van der Waals surface area contributed by atoms with Gasteiger partial charge in [-0.25, -0.2) is 0 Å². The summed E-state index contributed by atoms with van der Waals surface area (Å²) in [6.45, 7) is 20.0. The zero-order valence-corrected chi connectivity index (χ0v) is 34.8. The molecule has 6 heteroatoms. The number of carbonyl (C=O) groups is 2. The summed E-state index contributed by atoms with van der Waals surface area (Å²) in [4.78, 5) is 26.6. The molecular weight excluding hydrogens is 685 g/mol. The Kier molecular flexibility index (Phi) is 12.6. The molecule has 0 amide bonds. The van der Waals surface area contributed by atoms with Gasteiger partial charge in [-0.15, -0.1) is 0 Å². The summed E-state index contributed by atoms with van der Waals surface area (Å²) in [5.74, 6) is 2.06. The molecule has 0 heterocycles. The normalized spacial score (nSPS) is 16.6. The average Bonchev–Trinajstić information content (AvgIpc) is 3.18. The Morgan fingerprint density at radius 3 is 1.36 bits per heavy atom. The van der Waals surface area contributed by atoms with Crippen LogP contribution in [0, 0.1) is 10.8 Å². The van der Waals surface area contributed by atoms with Crippen LogP contribution < -0.4 is 18.9 Å². The van der Waals surface area contributed by atoms with E-state index >= 15 is 0 Å². The third-order valence-corrected chi connectivity index (χ3v) is 12.2. The first-order valence-electron chi connectivity index (χ1n) is 20.2. The van der Waals surface area contributed by atoms with Crippen LogP contribution >= 0.6 is 0 Å². The Morgan fingerprint density at radius 2 is 0.927 bits per heavy atom. The van der Waals surface area contributed by atoms with E-state index in [2.05, 4.69) is 57.2 Å². The van der Waals surface area contributed by atoms with Crippen LogP contribution in [-0.4, -0.2) is 23.1 Å². The summed E-state index contributed by atoms with van der Waals surface area (Å²) in [5.41, 5.74) is 1.89. The fourth-order valence-electron chi connectivity index (χ4n) is 7.55. The van der Waals surface area contributed by atoms with Gasteiger partial charge in [-0.1, -0.05) is 88.6 Å². The van der Waals surface area contributed by atoms with E-state index in [-0.39, 0.29) is 23.0 Å². The Balaban J connectivity index is 1.28. The van der Waals surface area contributed by atoms with Gasteiger partial charge in [-0.2, -0.15) is 0 Å². The highest BCUT2D eigenvalue weighted by Gasteiger charge is 2.51. The Hall–Kier alpha value is -4.58. The predicted molar refractivity (Wildman–Crippen MR) is 222 cm³/mol. The molecule has 1 fully saturated rings. The molecule has 0 saturated heterocycles. The molecular formula is C49H62O6. The maximum absolute atomic E-state index is 14.1. The van der Waals surface area contributed by atoms with E-state index < -0.39 is 16.4 Å². The van der Waals surface area contributed by atoms with Crippen LogP contribution in [0.2, 0.25) is 0 Å². The van der Waals surface area contributed by atoms with Crippen LogP contribution in [0.5, 0.6) is 23.0 Å². The molecule has 0 aliphatic heterocycles. The fraction of sp³-hybridized carbons (Fsp3) is 0.469. The standard InChI is InChI=1S/C49H62O6/c1-11-46(7,8)43(50)52-39-25-17-35(18-26-39)36-19-27-42(28-20-36)55-48(10,13-3)47(9,12-2)44(51)53-40-29-21-37(22-30-40)49(33-15-14-16-34-49)38-23-31-41(32-24-38)54-45(4,5)6/h17-32H,11-16,33-34H2,1-10H3. The first-order chi connectivity index (χ1) is 26.0. The van der Waals surface area contributed by atoms with Gasteiger partial charge in [0.25, 0.3) is 0 Å². The third kappa shape index (κ3) is 9.28. The van der Waals surface area contributed by atoms with Crippen molar-refractivity contribution in [3.63, 3.8) is 0 Å². The van der Waals surface area contributed by atoms with Gasteiger partial charge in [0.1, 0.15) is 39.6 Å². The first-order valence-corrected chi connectivity index (χ1v) is 20.2. The van der Waals surface area contributed by atoms with Crippen LogP contribution in [0.25, 0.3) is 11.1 Å². The zero-order valence-electron chi connectivity index (χ0n) is 34.8. The van der Waals surface area contributed by atoms with Crippen molar-refractivity contribution in [2.24, 2.45) is 10.8 Å². The molecule has 4 aromatic rings. The monoisotopic (exact) mass is 746 g/mol. The van der Waals surface area contributed by atoms with Crippen molar-refractivity contribution >= 4 is 11.9 Å². The third-order valence-electron chi connectivity index (χ3n) is 12.2. The quantitative estimate of drug-likeness (QED) is 0.0945. The molecule has 2 unspecified atom stereocenters. The number of carbonyl (C=O) groups excluding carboxylic acids is 2. The molecule has 5 rings (SSSR count). The van der Waals surface area contributed by atoms with Gasteiger partial charge >= 0.3 is 11.9 Å². The smallest absolute Gasteiger partial charge is 0.321 e. The number of ether oxygens (including phenoxy) is 4. The Morgan fingerprint density at radius 1 is 0.509 bits per heavy atom. The van der Waals surface area contributed by atoms with E-state index in [1.54, 1.807) is 0 Å². The van der Waals surface area contributed by atoms with Crippen LogP contribution in [0.1, 0.15) is 132 Å². The summed E-state index contributed by atoms with van der Waals surface area (Å²) in [7, 11) is 0. The van der Waals surface area contributed by atoms with Gasteiger partial charge in [0.2, 0.25) is 0 Å². The van der Waals surface area contributed by atoms with Gasteiger partial charge in [0, 0.05) is 5.41 Å². The molecule has 1 aliphatic carbocycles. The summed E-state index contributed by atoms with van der Waals surface area (Å²) in [6, 6.07) is 32.2. The maximum atomic E-state index is 14.1. The molecule has 2 atom stereocenters. The van der Waals surface area contributed by atoms with Gasteiger partial charge in [-0.05, 0) is 151 Å². The van der Waals surface area contributed by atoms with Crippen molar-refractivity contribution in [2.75, 3.05) is 0 Å². The minimum absolute atomic E-state index is 0.0901. The van der Waals surface area contributed by atoms with E-state index in [0.29, 0.717) is 36.5 Å². The summed E-state index contributed by atoms with van der Waals surface area (Å²) >= 11 is 0. The minimum Gasteiger partial charge on any atom is -0.488 e. The Bertz CT molecular complexity index is 1880. The van der Waals surface area contributed by atoms with Gasteiger partial charge in [-0.3, -0.25) is 9.59 Å². The summed E-state index contributed by atoms with van der Waals surface area (Å²) in [6.07, 6.45) is 7.59. The van der Waals surface area contributed by atoms with E-state index in [1.807, 2.05) is 109 Å². The molecule has 0 N–H and O–H groups in total. The highest BCUT2D eigenvalue weighted by Crippen LogP contribution is 2.46. The van der Waals surface area contributed by atoms with E-state index in [4.69, 9.17) is 18.9 Å². The van der Waals surface area contributed by atoms with Crippen molar-refractivity contribution in [1.82, 2.24) is 0 Å². The van der Waals surface area contributed by atoms with Crippen molar-refractivity contribution < 1.29 is 28.5 Å². The minimum atomic E-state index is -0.930. The van der Waals surface area contributed by atoms with Crippen LogP contribution in [0.4, 0.5) is 0 Å². The molecule has 4 aromatic carbocycles. The van der Waals surface area contributed by atoms with E-state index in [1.165, 1.54) is 30.4 Å². The molecule has 294 valence electrons. The molecule has 1 saturated carbocycles. The lowest BCUT2D eigenvalue weighted by Gasteiger charge is -2.43.